The Labute approximate surface area is 328 Å². The molecule has 0 aliphatic carbocycles. The molecule has 0 saturated heterocycles. The van der Waals surface area contributed by atoms with Gasteiger partial charge in [0.15, 0.2) is 0 Å². The summed E-state index contributed by atoms with van der Waals surface area (Å²) in [5, 5.41) is 8.57. The minimum absolute atomic E-state index is 0.852. The van der Waals surface area contributed by atoms with E-state index in [1.807, 2.05) is 49.6 Å². The quantitative estimate of drug-likeness (QED) is 0.178. The van der Waals surface area contributed by atoms with Crippen molar-refractivity contribution in [3.63, 3.8) is 0 Å². The van der Waals surface area contributed by atoms with E-state index in [0.29, 0.717) is 0 Å². The molecule has 0 fully saturated rings. The molecule has 5 aromatic carbocycles. The lowest BCUT2D eigenvalue weighted by atomic mass is 9.97. The Kier molecular flexibility index (Phi) is 6.29. The molecule has 58 heavy (non-hydrogen) atoms. The molecule has 13 aromatic rings. The first kappa shape index (κ1) is 31.1. The van der Waals surface area contributed by atoms with Crippen LogP contribution in [-0.4, -0.2) is 29.1 Å². The minimum atomic E-state index is 0.852. The maximum atomic E-state index is 6.38. The van der Waals surface area contributed by atoms with Crippen LogP contribution in [0.4, 0.5) is 0 Å². The van der Waals surface area contributed by atoms with Crippen molar-refractivity contribution in [2.45, 2.75) is 0 Å². The summed E-state index contributed by atoms with van der Waals surface area (Å²) < 4.78 is 17.3. The molecular formula is C50H28N6O2. The van der Waals surface area contributed by atoms with Gasteiger partial charge in [0.05, 0.1) is 22.1 Å². The predicted molar refractivity (Wildman–Crippen MR) is 232 cm³/mol. The van der Waals surface area contributed by atoms with E-state index in [-0.39, 0.29) is 0 Å². The maximum absolute atomic E-state index is 6.38. The van der Waals surface area contributed by atoms with Gasteiger partial charge in [0, 0.05) is 104 Å². The second-order valence-corrected chi connectivity index (χ2v) is 14.8. The SMILES string of the molecule is c1cc(-c2ccc3oc4ccc(-n5c6ccncc6c6cnccc65)cc4c3c2)cc(-c2ccc3oc4ccc(-n5c6ccncc6c6cnccc65)cc4c3c2)c1. The molecule has 0 bridgehead atoms. The fourth-order valence-corrected chi connectivity index (χ4v) is 9.02. The minimum Gasteiger partial charge on any atom is -0.456 e. The third kappa shape index (κ3) is 4.45. The number of hydrogen-bond acceptors (Lipinski definition) is 6. The predicted octanol–water partition coefficient (Wildman–Crippen LogP) is 12.6. The summed E-state index contributed by atoms with van der Waals surface area (Å²) in [6.45, 7) is 0. The molecule has 0 N–H and O–H groups in total. The number of pyridine rings is 4. The van der Waals surface area contributed by atoms with Crippen LogP contribution in [0.2, 0.25) is 0 Å². The molecular weight excluding hydrogens is 717 g/mol. The van der Waals surface area contributed by atoms with E-state index in [1.54, 1.807) is 0 Å². The summed E-state index contributed by atoms with van der Waals surface area (Å²) >= 11 is 0. The maximum Gasteiger partial charge on any atom is 0.135 e. The fourth-order valence-electron chi connectivity index (χ4n) is 9.02. The van der Waals surface area contributed by atoms with Gasteiger partial charge in [-0.05, 0) is 113 Å². The van der Waals surface area contributed by atoms with E-state index in [1.165, 1.54) is 0 Å². The topological polar surface area (TPSA) is 87.7 Å². The summed E-state index contributed by atoms with van der Waals surface area (Å²) in [5.74, 6) is 0. The van der Waals surface area contributed by atoms with E-state index in [4.69, 9.17) is 8.83 Å². The van der Waals surface area contributed by atoms with Gasteiger partial charge in [-0.1, -0.05) is 30.3 Å². The molecule has 0 spiro atoms. The van der Waals surface area contributed by atoms with Gasteiger partial charge in [0.1, 0.15) is 22.3 Å². The second kappa shape index (κ2) is 11.7. The molecule has 0 amide bonds. The highest BCUT2D eigenvalue weighted by atomic mass is 16.3. The molecule has 0 aliphatic rings. The second-order valence-electron chi connectivity index (χ2n) is 14.8. The third-order valence-electron chi connectivity index (χ3n) is 11.7. The van der Waals surface area contributed by atoms with Crippen molar-refractivity contribution in [3.8, 4) is 33.6 Å². The van der Waals surface area contributed by atoms with Crippen molar-refractivity contribution in [2.24, 2.45) is 0 Å². The Hall–Kier alpha value is -8.10. The zero-order chi connectivity index (χ0) is 37.9. The van der Waals surface area contributed by atoms with E-state index in [2.05, 4.69) is 150 Å². The Morgan fingerprint density at radius 3 is 1.05 bits per heavy atom. The van der Waals surface area contributed by atoms with Crippen LogP contribution in [0.25, 0.3) is 121 Å². The van der Waals surface area contributed by atoms with Crippen molar-refractivity contribution in [2.75, 3.05) is 0 Å². The van der Waals surface area contributed by atoms with Gasteiger partial charge in [-0.25, -0.2) is 0 Å². The normalized spacial score (nSPS) is 12.1. The number of aromatic nitrogens is 6. The first-order valence-corrected chi connectivity index (χ1v) is 19.1. The highest BCUT2D eigenvalue weighted by molar-refractivity contribution is 6.12. The molecule has 270 valence electrons. The van der Waals surface area contributed by atoms with Crippen LogP contribution in [0.1, 0.15) is 0 Å². The molecule has 13 rings (SSSR count). The standard InChI is InChI=1S/C50H28N6O2/c1-2-29(31-4-8-47-35(21-31)37-23-33(6-10-49(37)57-47)55-43-12-16-51-25-39(43)40-26-52-17-13-44(40)55)20-30(3-1)32-5-9-48-36(22-32)38-24-34(7-11-50(38)58-48)56-45-14-18-53-27-41(45)42-28-54-19-15-46(42)56/h1-28H. The Morgan fingerprint density at radius 2 is 0.655 bits per heavy atom. The number of benzene rings is 5. The van der Waals surface area contributed by atoms with Crippen LogP contribution < -0.4 is 0 Å². The largest absolute Gasteiger partial charge is 0.456 e. The Morgan fingerprint density at radius 1 is 0.310 bits per heavy atom. The molecule has 8 heterocycles. The van der Waals surface area contributed by atoms with Crippen LogP contribution in [0.5, 0.6) is 0 Å². The molecule has 8 heteroatoms. The molecule has 8 aromatic heterocycles. The first-order chi connectivity index (χ1) is 28.7. The van der Waals surface area contributed by atoms with Crippen LogP contribution in [0.3, 0.4) is 0 Å². The number of furan rings is 2. The molecule has 8 nitrogen and oxygen atoms in total. The van der Waals surface area contributed by atoms with Crippen LogP contribution in [-0.2, 0) is 0 Å². The average molecular weight is 745 g/mol. The zero-order valence-electron chi connectivity index (χ0n) is 30.7. The highest BCUT2D eigenvalue weighted by Gasteiger charge is 2.17. The summed E-state index contributed by atoms with van der Waals surface area (Å²) in [6, 6.07) is 42.8. The van der Waals surface area contributed by atoms with E-state index < -0.39 is 0 Å². The van der Waals surface area contributed by atoms with Crippen molar-refractivity contribution < 1.29 is 8.83 Å². The van der Waals surface area contributed by atoms with Crippen LogP contribution in [0, 0.1) is 0 Å². The van der Waals surface area contributed by atoms with Gasteiger partial charge >= 0.3 is 0 Å². The fraction of sp³-hybridized carbons (Fsp3) is 0. The average Bonchev–Trinajstić information content (AvgIpc) is 4.03. The Balaban J connectivity index is 0.909. The number of fused-ring (bicyclic) bond motifs is 12. The Bertz CT molecular complexity index is 3480. The summed E-state index contributed by atoms with van der Waals surface area (Å²) in [4.78, 5) is 17.6. The van der Waals surface area contributed by atoms with Gasteiger partial charge < -0.3 is 18.0 Å². The van der Waals surface area contributed by atoms with E-state index in [9.17, 15) is 0 Å². The van der Waals surface area contributed by atoms with Crippen molar-refractivity contribution in [3.05, 3.63) is 171 Å². The summed E-state index contributed by atoms with van der Waals surface area (Å²) in [7, 11) is 0. The first-order valence-electron chi connectivity index (χ1n) is 19.1. The summed E-state index contributed by atoms with van der Waals surface area (Å²) in [6.07, 6.45) is 15.0. The zero-order valence-corrected chi connectivity index (χ0v) is 30.7. The lowest BCUT2D eigenvalue weighted by Gasteiger charge is -2.08. The number of hydrogen-bond donors (Lipinski definition) is 0. The third-order valence-corrected chi connectivity index (χ3v) is 11.7. The lowest BCUT2D eigenvalue weighted by Crippen LogP contribution is -1.93. The van der Waals surface area contributed by atoms with Crippen molar-refractivity contribution in [1.82, 2.24) is 29.1 Å². The molecule has 0 saturated carbocycles. The van der Waals surface area contributed by atoms with Gasteiger partial charge in [0.25, 0.3) is 0 Å². The van der Waals surface area contributed by atoms with E-state index in [0.717, 1.165) is 121 Å². The van der Waals surface area contributed by atoms with Crippen LogP contribution in [0.15, 0.2) is 180 Å². The van der Waals surface area contributed by atoms with Gasteiger partial charge in [0.2, 0.25) is 0 Å². The van der Waals surface area contributed by atoms with Crippen molar-refractivity contribution in [1.29, 1.82) is 0 Å². The molecule has 0 aliphatic heterocycles. The molecule has 0 unspecified atom stereocenters. The molecule has 0 atom stereocenters. The van der Waals surface area contributed by atoms with Gasteiger partial charge in [-0.15, -0.1) is 0 Å². The summed E-state index contributed by atoms with van der Waals surface area (Å²) in [5.41, 5.74) is 14.4. The smallest absolute Gasteiger partial charge is 0.135 e. The highest BCUT2D eigenvalue weighted by Crippen LogP contribution is 2.39. The van der Waals surface area contributed by atoms with Gasteiger partial charge in [-0.2, -0.15) is 0 Å². The number of nitrogens with zero attached hydrogens (tertiary/aromatic N) is 6. The van der Waals surface area contributed by atoms with Gasteiger partial charge in [-0.3, -0.25) is 19.9 Å². The van der Waals surface area contributed by atoms with Crippen molar-refractivity contribution >= 4 is 87.5 Å². The lowest BCUT2D eigenvalue weighted by molar-refractivity contribution is 0.668. The van der Waals surface area contributed by atoms with Crippen LogP contribution >= 0.6 is 0 Å². The number of rotatable bonds is 4. The monoisotopic (exact) mass is 744 g/mol. The molecule has 0 radical (unpaired) electrons. The van der Waals surface area contributed by atoms with E-state index >= 15 is 0 Å².